The summed E-state index contributed by atoms with van der Waals surface area (Å²) in [5.41, 5.74) is -0.484. The van der Waals surface area contributed by atoms with E-state index in [1.807, 2.05) is 25.7 Å². The van der Waals surface area contributed by atoms with Crippen LogP contribution < -0.4 is 5.32 Å². The molecule has 0 spiro atoms. The van der Waals surface area contributed by atoms with Crippen molar-refractivity contribution < 1.29 is 14.3 Å². The molecule has 0 aromatic carbocycles. The van der Waals surface area contributed by atoms with E-state index in [1.165, 1.54) is 0 Å². The average Bonchev–Trinajstić information content (AvgIpc) is 3.09. The van der Waals surface area contributed by atoms with Gasteiger partial charge in [0.2, 0.25) is 5.91 Å². The van der Waals surface area contributed by atoms with Crippen LogP contribution in [0.4, 0.5) is 4.79 Å². The highest BCUT2D eigenvalue weighted by Gasteiger charge is 2.35. The van der Waals surface area contributed by atoms with Gasteiger partial charge in [-0.05, 0) is 46.5 Å². The summed E-state index contributed by atoms with van der Waals surface area (Å²) < 4.78 is 5.24. The van der Waals surface area contributed by atoms with Crippen LogP contribution >= 0.6 is 0 Å². The fourth-order valence-electron chi connectivity index (χ4n) is 2.36. The van der Waals surface area contributed by atoms with E-state index >= 15 is 0 Å². The van der Waals surface area contributed by atoms with Crippen LogP contribution in [0.15, 0.2) is 0 Å². The van der Waals surface area contributed by atoms with Crippen LogP contribution in [0, 0.1) is 5.92 Å². The molecule has 0 aromatic heterocycles. The van der Waals surface area contributed by atoms with Crippen molar-refractivity contribution in [1.29, 1.82) is 0 Å². The number of hydrogen-bond donors (Lipinski definition) is 1. The van der Waals surface area contributed by atoms with E-state index in [0.717, 1.165) is 32.2 Å². The van der Waals surface area contributed by atoms with Crippen LogP contribution in [0.5, 0.6) is 0 Å². The average molecular weight is 268 g/mol. The highest BCUT2D eigenvalue weighted by Crippen LogP contribution is 2.31. The monoisotopic (exact) mass is 268 g/mol. The first-order valence-electron chi connectivity index (χ1n) is 7.13. The fourth-order valence-corrected chi connectivity index (χ4v) is 2.36. The number of rotatable bonds is 2. The van der Waals surface area contributed by atoms with Gasteiger partial charge in [0.25, 0.3) is 0 Å². The Morgan fingerprint density at radius 1 is 1.21 bits per heavy atom. The minimum atomic E-state index is -0.484. The molecule has 5 heteroatoms. The lowest BCUT2D eigenvalue weighted by molar-refractivity contribution is -0.133. The molecule has 108 valence electrons. The molecular weight excluding hydrogens is 244 g/mol. The van der Waals surface area contributed by atoms with Crippen LogP contribution in [-0.4, -0.2) is 41.6 Å². The summed E-state index contributed by atoms with van der Waals surface area (Å²) in [5.74, 6) is 0.510. The topological polar surface area (TPSA) is 58.6 Å². The van der Waals surface area contributed by atoms with Crippen LogP contribution in [0.3, 0.4) is 0 Å². The molecular formula is C14H24N2O3. The maximum Gasteiger partial charge on any atom is 0.407 e. The Labute approximate surface area is 114 Å². The zero-order valence-corrected chi connectivity index (χ0v) is 12.1. The molecule has 2 aliphatic rings. The zero-order valence-electron chi connectivity index (χ0n) is 12.1. The Hall–Kier alpha value is -1.26. The van der Waals surface area contributed by atoms with Gasteiger partial charge in [-0.25, -0.2) is 4.79 Å². The molecule has 2 amide bonds. The molecule has 1 saturated carbocycles. The predicted molar refractivity (Wildman–Crippen MR) is 71.7 cm³/mol. The van der Waals surface area contributed by atoms with E-state index in [0.29, 0.717) is 6.54 Å². The summed E-state index contributed by atoms with van der Waals surface area (Å²) >= 11 is 0. The maximum atomic E-state index is 12.0. The fraction of sp³-hybridized carbons (Fsp3) is 0.857. The number of nitrogens with one attached hydrogen (secondary N) is 1. The van der Waals surface area contributed by atoms with Crippen molar-refractivity contribution in [2.45, 2.75) is 58.1 Å². The SMILES string of the molecule is CC(C)(C)OC(=O)NC1CCCN(C(=O)C2CC2)C1. The molecule has 0 radical (unpaired) electrons. The van der Waals surface area contributed by atoms with E-state index < -0.39 is 11.7 Å². The van der Waals surface area contributed by atoms with Gasteiger partial charge in [-0.2, -0.15) is 0 Å². The summed E-state index contributed by atoms with van der Waals surface area (Å²) in [4.78, 5) is 25.6. The number of hydrogen-bond acceptors (Lipinski definition) is 3. The first kappa shape index (κ1) is 14.2. The van der Waals surface area contributed by atoms with Gasteiger partial charge in [0, 0.05) is 25.0 Å². The van der Waals surface area contributed by atoms with Gasteiger partial charge in [0.1, 0.15) is 5.60 Å². The second kappa shape index (κ2) is 5.39. The molecule has 0 aromatic rings. The summed E-state index contributed by atoms with van der Waals surface area (Å²) in [6, 6.07) is 0.0197. The third kappa shape index (κ3) is 4.40. The number of carbonyl (C=O) groups is 2. The number of likely N-dealkylation sites (tertiary alicyclic amines) is 1. The van der Waals surface area contributed by atoms with Crippen molar-refractivity contribution in [2.75, 3.05) is 13.1 Å². The summed E-state index contributed by atoms with van der Waals surface area (Å²) in [6.45, 7) is 6.97. The zero-order chi connectivity index (χ0) is 14.0. The minimum Gasteiger partial charge on any atom is -0.444 e. The number of nitrogens with zero attached hydrogens (tertiary/aromatic N) is 1. The largest absolute Gasteiger partial charge is 0.444 e. The third-order valence-corrected chi connectivity index (χ3v) is 3.38. The van der Waals surface area contributed by atoms with Crippen molar-refractivity contribution in [1.82, 2.24) is 10.2 Å². The molecule has 0 bridgehead atoms. The van der Waals surface area contributed by atoms with Gasteiger partial charge in [0.15, 0.2) is 0 Å². The number of piperidine rings is 1. The van der Waals surface area contributed by atoms with Crippen LogP contribution in [0.25, 0.3) is 0 Å². The number of alkyl carbamates (subject to hydrolysis) is 1. The molecule has 1 atom stereocenters. The second-order valence-electron chi connectivity index (χ2n) is 6.54. The molecule has 1 unspecified atom stereocenters. The molecule has 1 aliphatic carbocycles. The van der Waals surface area contributed by atoms with Gasteiger partial charge in [-0.15, -0.1) is 0 Å². The van der Waals surface area contributed by atoms with Crippen LogP contribution in [0.2, 0.25) is 0 Å². The van der Waals surface area contributed by atoms with E-state index in [1.54, 1.807) is 0 Å². The predicted octanol–water partition coefficient (Wildman–Crippen LogP) is 1.91. The van der Waals surface area contributed by atoms with E-state index in [-0.39, 0.29) is 17.9 Å². The summed E-state index contributed by atoms with van der Waals surface area (Å²) in [5, 5.41) is 2.86. The van der Waals surface area contributed by atoms with E-state index in [2.05, 4.69) is 5.32 Å². The van der Waals surface area contributed by atoms with E-state index in [9.17, 15) is 9.59 Å². The first-order valence-corrected chi connectivity index (χ1v) is 7.13. The second-order valence-corrected chi connectivity index (χ2v) is 6.54. The molecule has 1 saturated heterocycles. The standard InChI is InChI=1S/C14H24N2O3/c1-14(2,3)19-13(18)15-11-5-4-8-16(9-11)12(17)10-6-7-10/h10-11H,4-9H2,1-3H3,(H,15,18). The number of carbonyl (C=O) groups excluding carboxylic acids is 2. The number of amides is 2. The van der Waals surface area contributed by atoms with Gasteiger partial charge in [-0.1, -0.05) is 0 Å². The van der Waals surface area contributed by atoms with Crippen molar-refractivity contribution in [3.05, 3.63) is 0 Å². The van der Waals surface area contributed by atoms with Gasteiger partial charge in [0.05, 0.1) is 0 Å². The lowest BCUT2D eigenvalue weighted by Gasteiger charge is -2.33. The van der Waals surface area contributed by atoms with Crippen LogP contribution in [0.1, 0.15) is 46.5 Å². The maximum absolute atomic E-state index is 12.0. The smallest absolute Gasteiger partial charge is 0.407 e. The lowest BCUT2D eigenvalue weighted by atomic mass is 10.1. The molecule has 1 N–H and O–H groups in total. The van der Waals surface area contributed by atoms with Crippen molar-refractivity contribution in [3.63, 3.8) is 0 Å². The molecule has 2 fully saturated rings. The van der Waals surface area contributed by atoms with Crippen molar-refractivity contribution in [2.24, 2.45) is 5.92 Å². The van der Waals surface area contributed by atoms with Crippen molar-refractivity contribution >= 4 is 12.0 Å². The molecule has 19 heavy (non-hydrogen) atoms. The Balaban J connectivity index is 1.80. The lowest BCUT2D eigenvalue weighted by Crippen LogP contribution is -2.50. The summed E-state index contributed by atoms with van der Waals surface area (Å²) in [7, 11) is 0. The normalized spacial score (nSPS) is 23.9. The van der Waals surface area contributed by atoms with Crippen molar-refractivity contribution in [3.8, 4) is 0 Å². The highest BCUT2D eigenvalue weighted by atomic mass is 16.6. The molecule has 5 nitrogen and oxygen atoms in total. The molecule has 1 heterocycles. The Morgan fingerprint density at radius 3 is 2.47 bits per heavy atom. The minimum absolute atomic E-state index is 0.0197. The number of ether oxygens (including phenoxy) is 1. The highest BCUT2D eigenvalue weighted by molar-refractivity contribution is 5.81. The molecule has 2 rings (SSSR count). The van der Waals surface area contributed by atoms with E-state index in [4.69, 9.17) is 4.74 Å². The third-order valence-electron chi connectivity index (χ3n) is 3.38. The van der Waals surface area contributed by atoms with Gasteiger partial charge < -0.3 is 15.0 Å². The Morgan fingerprint density at radius 2 is 1.89 bits per heavy atom. The Bertz CT molecular complexity index is 358. The van der Waals surface area contributed by atoms with Crippen LogP contribution in [-0.2, 0) is 9.53 Å². The quantitative estimate of drug-likeness (QED) is 0.832. The van der Waals surface area contributed by atoms with Gasteiger partial charge >= 0.3 is 6.09 Å². The summed E-state index contributed by atoms with van der Waals surface area (Å²) in [6.07, 6.45) is 3.52. The van der Waals surface area contributed by atoms with Gasteiger partial charge in [-0.3, -0.25) is 4.79 Å². The first-order chi connectivity index (χ1) is 8.85. The molecule has 1 aliphatic heterocycles. The Kier molecular flexibility index (Phi) is 4.02.